The first-order valence-corrected chi connectivity index (χ1v) is 11.4. The summed E-state index contributed by atoms with van der Waals surface area (Å²) in [5.74, 6) is -0.103. The summed E-state index contributed by atoms with van der Waals surface area (Å²) in [6.07, 6.45) is 4.05. The van der Waals surface area contributed by atoms with Crippen LogP contribution in [0, 0.1) is 0 Å². The Morgan fingerprint density at radius 2 is 2.03 bits per heavy atom. The van der Waals surface area contributed by atoms with Crippen LogP contribution in [0.15, 0.2) is 57.9 Å². The number of hydrogen-bond donors (Lipinski definition) is 0. The molecule has 29 heavy (non-hydrogen) atoms. The van der Waals surface area contributed by atoms with Gasteiger partial charge in [-0.05, 0) is 48.2 Å². The van der Waals surface area contributed by atoms with Crippen LogP contribution in [0.2, 0.25) is 0 Å². The highest BCUT2D eigenvalue weighted by atomic mass is 79.9. The van der Waals surface area contributed by atoms with Crippen molar-refractivity contribution in [2.24, 2.45) is 0 Å². The number of carbonyl (C=O) groups is 2. The Balaban J connectivity index is 1.43. The summed E-state index contributed by atoms with van der Waals surface area (Å²) in [7, 11) is 0. The van der Waals surface area contributed by atoms with Gasteiger partial charge in [0.1, 0.15) is 4.32 Å². The number of benzene rings is 2. The van der Waals surface area contributed by atoms with E-state index in [0.29, 0.717) is 15.8 Å². The fourth-order valence-corrected chi connectivity index (χ4v) is 5.30. The zero-order chi connectivity index (χ0) is 20.4. The Bertz CT molecular complexity index is 1020. The van der Waals surface area contributed by atoms with E-state index >= 15 is 0 Å². The summed E-state index contributed by atoms with van der Waals surface area (Å²) in [6.45, 7) is 1.02. The van der Waals surface area contributed by atoms with E-state index in [1.54, 1.807) is 0 Å². The molecular formula is C22H19BrN2O2S2. The van der Waals surface area contributed by atoms with Crippen LogP contribution in [-0.2, 0) is 16.0 Å². The smallest absolute Gasteiger partial charge is 0.266 e. The molecule has 0 atom stereocenters. The molecule has 2 heterocycles. The third-order valence-corrected chi connectivity index (χ3v) is 6.85. The molecule has 0 N–H and O–H groups in total. The number of hydrogen-bond acceptors (Lipinski definition) is 4. The molecule has 4 rings (SSSR count). The minimum Gasteiger partial charge on any atom is -0.312 e. The highest BCUT2D eigenvalue weighted by Crippen LogP contribution is 2.33. The van der Waals surface area contributed by atoms with Gasteiger partial charge in [0, 0.05) is 29.7 Å². The average Bonchev–Trinajstić information content (AvgIpc) is 2.98. The fourth-order valence-electron chi connectivity index (χ4n) is 3.58. The zero-order valence-electron chi connectivity index (χ0n) is 15.6. The second-order valence-electron chi connectivity index (χ2n) is 6.92. The SMILES string of the molecule is O=C1C(=Cc2cccc(Br)c2)SC(=S)N1CCC(=O)N1CCCc2ccccc21. The van der Waals surface area contributed by atoms with Crippen molar-refractivity contribution in [2.75, 3.05) is 18.0 Å². The molecule has 2 aliphatic heterocycles. The first kappa shape index (κ1) is 20.3. The van der Waals surface area contributed by atoms with Crippen LogP contribution >= 0.6 is 39.9 Å². The van der Waals surface area contributed by atoms with Gasteiger partial charge < -0.3 is 4.90 Å². The summed E-state index contributed by atoms with van der Waals surface area (Å²) in [6, 6.07) is 15.8. The molecule has 0 bridgehead atoms. The van der Waals surface area contributed by atoms with Crippen LogP contribution < -0.4 is 4.90 Å². The number of amides is 2. The number of para-hydroxylation sites is 1. The van der Waals surface area contributed by atoms with E-state index < -0.39 is 0 Å². The van der Waals surface area contributed by atoms with Gasteiger partial charge in [0.05, 0.1) is 4.91 Å². The van der Waals surface area contributed by atoms with Gasteiger partial charge >= 0.3 is 0 Å². The van der Waals surface area contributed by atoms with Crippen LogP contribution in [-0.4, -0.2) is 34.1 Å². The van der Waals surface area contributed by atoms with Gasteiger partial charge in [0.25, 0.3) is 5.91 Å². The van der Waals surface area contributed by atoms with E-state index in [1.165, 1.54) is 22.2 Å². The molecule has 2 aromatic carbocycles. The van der Waals surface area contributed by atoms with E-state index in [9.17, 15) is 9.59 Å². The maximum atomic E-state index is 12.9. The Morgan fingerprint density at radius 3 is 2.86 bits per heavy atom. The summed E-state index contributed by atoms with van der Waals surface area (Å²) in [5.41, 5.74) is 3.12. The number of fused-ring (bicyclic) bond motifs is 1. The number of nitrogens with zero attached hydrogens (tertiary/aromatic N) is 2. The van der Waals surface area contributed by atoms with Crippen molar-refractivity contribution in [3.05, 3.63) is 69.0 Å². The van der Waals surface area contributed by atoms with E-state index in [-0.39, 0.29) is 18.2 Å². The Morgan fingerprint density at radius 1 is 1.21 bits per heavy atom. The number of anilines is 1. The van der Waals surface area contributed by atoms with Crippen molar-refractivity contribution in [3.63, 3.8) is 0 Å². The highest BCUT2D eigenvalue weighted by molar-refractivity contribution is 9.10. The number of aryl methyl sites for hydroxylation is 1. The lowest BCUT2D eigenvalue weighted by molar-refractivity contribution is -0.123. The average molecular weight is 487 g/mol. The van der Waals surface area contributed by atoms with Crippen LogP contribution in [0.5, 0.6) is 0 Å². The molecule has 2 aliphatic rings. The molecule has 0 spiro atoms. The molecule has 1 saturated heterocycles. The molecule has 0 aromatic heterocycles. The lowest BCUT2D eigenvalue weighted by Gasteiger charge is -2.30. The minimum absolute atomic E-state index is 0.0298. The van der Waals surface area contributed by atoms with E-state index in [0.717, 1.165) is 35.1 Å². The van der Waals surface area contributed by atoms with Crippen molar-refractivity contribution in [1.29, 1.82) is 0 Å². The third kappa shape index (κ3) is 4.47. The number of carbonyl (C=O) groups excluding carboxylic acids is 2. The molecule has 2 amide bonds. The zero-order valence-corrected chi connectivity index (χ0v) is 18.9. The molecule has 0 radical (unpaired) electrons. The summed E-state index contributed by atoms with van der Waals surface area (Å²) in [5, 5.41) is 0. The van der Waals surface area contributed by atoms with Crippen LogP contribution in [0.4, 0.5) is 5.69 Å². The van der Waals surface area contributed by atoms with Gasteiger partial charge in [0.2, 0.25) is 5.91 Å². The molecule has 0 aliphatic carbocycles. The standard InChI is InChI=1S/C22H19BrN2O2S2/c23-17-8-3-5-15(13-17)14-19-21(27)25(22(28)29-19)12-10-20(26)24-11-4-7-16-6-1-2-9-18(16)24/h1-3,5-6,8-9,13-14H,4,7,10-12H2. The monoisotopic (exact) mass is 486 g/mol. The van der Waals surface area contributed by atoms with E-state index in [4.69, 9.17) is 12.2 Å². The maximum absolute atomic E-state index is 12.9. The Kier molecular flexibility index (Phi) is 6.18. The van der Waals surface area contributed by atoms with Gasteiger partial charge in [-0.3, -0.25) is 14.5 Å². The molecular weight excluding hydrogens is 468 g/mol. The maximum Gasteiger partial charge on any atom is 0.266 e. The molecule has 0 saturated carbocycles. The van der Waals surface area contributed by atoms with Crippen molar-refractivity contribution in [3.8, 4) is 0 Å². The number of thiocarbonyl (C=S) groups is 1. The predicted octanol–water partition coefficient (Wildman–Crippen LogP) is 5.02. The predicted molar refractivity (Wildman–Crippen MR) is 126 cm³/mol. The minimum atomic E-state index is -0.133. The Labute approximate surface area is 188 Å². The van der Waals surface area contributed by atoms with E-state index in [2.05, 4.69) is 22.0 Å². The summed E-state index contributed by atoms with van der Waals surface area (Å²) in [4.78, 5) is 29.6. The normalized spacial score (nSPS) is 17.8. The highest BCUT2D eigenvalue weighted by Gasteiger charge is 2.33. The van der Waals surface area contributed by atoms with Crippen molar-refractivity contribution in [1.82, 2.24) is 4.90 Å². The molecule has 4 nitrogen and oxygen atoms in total. The summed E-state index contributed by atoms with van der Waals surface area (Å²) >= 11 is 10.1. The molecule has 7 heteroatoms. The number of halogens is 1. The topological polar surface area (TPSA) is 40.6 Å². The van der Waals surface area contributed by atoms with Gasteiger partial charge in [-0.2, -0.15) is 0 Å². The van der Waals surface area contributed by atoms with Crippen LogP contribution in [0.3, 0.4) is 0 Å². The van der Waals surface area contributed by atoms with Gasteiger partial charge in [-0.25, -0.2) is 0 Å². The van der Waals surface area contributed by atoms with Crippen molar-refractivity contribution in [2.45, 2.75) is 19.3 Å². The first-order chi connectivity index (χ1) is 14.0. The first-order valence-electron chi connectivity index (χ1n) is 9.42. The second-order valence-corrected chi connectivity index (χ2v) is 9.51. The summed E-state index contributed by atoms with van der Waals surface area (Å²) < 4.78 is 1.46. The van der Waals surface area contributed by atoms with E-state index in [1.807, 2.05) is 53.4 Å². The van der Waals surface area contributed by atoms with Crippen molar-refractivity contribution < 1.29 is 9.59 Å². The molecule has 148 valence electrons. The fraction of sp³-hybridized carbons (Fsp3) is 0.227. The third-order valence-electron chi connectivity index (χ3n) is 4.98. The molecule has 2 aromatic rings. The lowest BCUT2D eigenvalue weighted by Crippen LogP contribution is -2.38. The van der Waals surface area contributed by atoms with Gasteiger partial charge in [-0.1, -0.05) is 70.2 Å². The number of thioether (sulfide) groups is 1. The Hall–Kier alpha value is -1.96. The molecule has 1 fully saturated rings. The number of rotatable bonds is 4. The van der Waals surface area contributed by atoms with Crippen molar-refractivity contribution >= 4 is 67.8 Å². The quantitative estimate of drug-likeness (QED) is 0.449. The second kappa shape index (κ2) is 8.81. The van der Waals surface area contributed by atoms with Crippen LogP contribution in [0.1, 0.15) is 24.0 Å². The van der Waals surface area contributed by atoms with Gasteiger partial charge in [0.15, 0.2) is 0 Å². The molecule has 0 unspecified atom stereocenters. The lowest BCUT2D eigenvalue weighted by atomic mass is 10.0. The largest absolute Gasteiger partial charge is 0.312 e. The van der Waals surface area contributed by atoms with Gasteiger partial charge in [-0.15, -0.1) is 0 Å². The van der Waals surface area contributed by atoms with Crippen LogP contribution in [0.25, 0.3) is 6.08 Å².